The van der Waals surface area contributed by atoms with Crippen LogP contribution in [0.2, 0.25) is 0 Å². The molecule has 0 saturated heterocycles. The maximum atomic E-state index is 5.69. The zero-order valence-corrected chi connectivity index (χ0v) is 19.4. The number of benzene rings is 1. The maximum Gasteiger partial charge on any atom is 0.191 e. The zero-order chi connectivity index (χ0) is 18.8. The maximum absolute atomic E-state index is 5.69. The number of para-hydroxylation sites is 1. The molecule has 0 bridgehead atoms. The van der Waals surface area contributed by atoms with Crippen LogP contribution in [0.1, 0.15) is 28.1 Å². The summed E-state index contributed by atoms with van der Waals surface area (Å²) in [5.74, 6) is 1.63. The number of hydrogen-bond donors (Lipinski definition) is 2. The molecular weight excluding hydrogens is 471 g/mol. The highest BCUT2D eigenvalue weighted by Gasteiger charge is 2.07. The van der Waals surface area contributed by atoms with Crippen LogP contribution in [-0.2, 0) is 19.4 Å². The topological polar surface area (TPSA) is 58.5 Å². The number of nitrogens with one attached hydrogen (secondary N) is 2. The Morgan fingerprint density at radius 3 is 2.78 bits per heavy atom. The lowest BCUT2D eigenvalue weighted by Crippen LogP contribution is -2.37. The van der Waals surface area contributed by atoms with Gasteiger partial charge in [-0.05, 0) is 19.4 Å². The molecule has 2 rings (SSSR count). The van der Waals surface area contributed by atoms with Crippen LogP contribution < -0.4 is 15.4 Å². The van der Waals surface area contributed by atoms with E-state index < -0.39 is 0 Å². The molecular formula is C20H29IN4OS. The molecule has 0 radical (unpaired) electrons. The highest BCUT2D eigenvalue weighted by atomic mass is 127. The molecule has 5 nitrogen and oxygen atoms in total. The van der Waals surface area contributed by atoms with E-state index in [1.807, 2.05) is 24.3 Å². The number of rotatable bonds is 9. The fourth-order valence-electron chi connectivity index (χ4n) is 2.55. The van der Waals surface area contributed by atoms with Crippen molar-refractivity contribution in [2.75, 3.05) is 20.2 Å². The van der Waals surface area contributed by atoms with E-state index in [0.717, 1.165) is 36.7 Å². The van der Waals surface area contributed by atoms with Crippen molar-refractivity contribution in [2.45, 2.75) is 33.2 Å². The molecule has 2 aromatic rings. The minimum atomic E-state index is 0. The molecule has 1 aromatic heterocycles. The van der Waals surface area contributed by atoms with Crippen LogP contribution in [-0.4, -0.2) is 31.1 Å². The number of aryl methyl sites for hydroxylation is 2. The summed E-state index contributed by atoms with van der Waals surface area (Å²) in [5, 5.41) is 7.85. The average Bonchev–Trinajstić information content (AvgIpc) is 3.03. The summed E-state index contributed by atoms with van der Waals surface area (Å²) < 4.78 is 5.69. The van der Waals surface area contributed by atoms with Gasteiger partial charge in [0, 0.05) is 37.0 Å². The van der Waals surface area contributed by atoms with E-state index in [2.05, 4.69) is 41.0 Å². The Hall–Kier alpha value is -1.61. The highest BCUT2D eigenvalue weighted by Crippen LogP contribution is 2.18. The van der Waals surface area contributed by atoms with Crippen LogP contribution >= 0.6 is 35.3 Å². The molecule has 0 aliphatic carbocycles. The molecule has 0 saturated carbocycles. The zero-order valence-electron chi connectivity index (χ0n) is 16.2. The van der Waals surface area contributed by atoms with Gasteiger partial charge in [0.1, 0.15) is 12.4 Å². The molecule has 0 spiro atoms. The van der Waals surface area contributed by atoms with Crippen molar-refractivity contribution in [1.29, 1.82) is 0 Å². The smallest absolute Gasteiger partial charge is 0.191 e. The normalized spacial score (nSPS) is 10.9. The molecule has 0 unspecified atom stereocenters. The number of ether oxygens (including phenoxy) is 1. The Kier molecular flexibility index (Phi) is 11.0. The first-order chi connectivity index (χ1) is 12.7. The van der Waals surface area contributed by atoms with Crippen molar-refractivity contribution in [3.8, 4) is 5.75 Å². The molecule has 7 heteroatoms. The summed E-state index contributed by atoms with van der Waals surface area (Å²) in [5.41, 5.74) is 2.30. The summed E-state index contributed by atoms with van der Waals surface area (Å²) in [7, 11) is 1.78. The van der Waals surface area contributed by atoms with Gasteiger partial charge >= 0.3 is 0 Å². The fraction of sp³-hybridized carbons (Fsp3) is 0.400. The summed E-state index contributed by atoms with van der Waals surface area (Å²) in [6.07, 6.45) is 3.63. The van der Waals surface area contributed by atoms with Crippen LogP contribution in [0.4, 0.5) is 0 Å². The molecule has 0 aliphatic rings. The monoisotopic (exact) mass is 500 g/mol. The second kappa shape index (κ2) is 12.7. The second-order valence-corrected chi connectivity index (χ2v) is 7.06. The van der Waals surface area contributed by atoms with Gasteiger partial charge in [-0.3, -0.25) is 4.99 Å². The van der Waals surface area contributed by atoms with Gasteiger partial charge in [-0.2, -0.15) is 0 Å². The van der Waals surface area contributed by atoms with Crippen molar-refractivity contribution in [3.63, 3.8) is 0 Å². The van der Waals surface area contributed by atoms with Crippen LogP contribution in [0, 0.1) is 6.92 Å². The van der Waals surface area contributed by atoms with Crippen LogP contribution in [0.5, 0.6) is 5.75 Å². The van der Waals surface area contributed by atoms with Crippen molar-refractivity contribution in [3.05, 3.63) is 58.1 Å². The lowest BCUT2D eigenvalue weighted by molar-refractivity contribution is 0.358. The molecule has 27 heavy (non-hydrogen) atoms. The Morgan fingerprint density at radius 2 is 2.11 bits per heavy atom. The third-order valence-electron chi connectivity index (χ3n) is 3.90. The average molecular weight is 500 g/mol. The van der Waals surface area contributed by atoms with E-state index in [1.54, 1.807) is 24.5 Å². The van der Waals surface area contributed by atoms with E-state index >= 15 is 0 Å². The third-order valence-corrected chi connectivity index (χ3v) is 4.98. The Morgan fingerprint density at radius 1 is 1.33 bits per heavy atom. The number of thiazole rings is 1. The largest absolute Gasteiger partial charge is 0.489 e. The van der Waals surface area contributed by atoms with Gasteiger partial charge in [-0.15, -0.1) is 35.3 Å². The number of aromatic nitrogens is 1. The van der Waals surface area contributed by atoms with Gasteiger partial charge in [0.2, 0.25) is 0 Å². The second-order valence-electron chi connectivity index (χ2n) is 5.77. The molecule has 2 N–H and O–H groups in total. The molecule has 0 amide bonds. The first kappa shape index (κ1) is 23.4. The van der Waals surface area contributed by atoms with Crippen LogP contribution in [0.15, 0.2) is 41.9 Å². The summed E-state index contributed by atoms with van der Waals surface area (Å²) in [4.78, 5) is 10.3. The summed E-state index contributed by atoms with van der Waals surface area (Å²) >= 11 is 1.78. The summed E-state index contributed by atoms with van der Waals surface area (Å²) in [6.45, 7) is 9.91. The van der Waals surface area contributed by atoms with E-state index in [9.17, 15) is 0 Å². The number of aliphatic imine (C=N–C) groups is 1. The molecule has 0 atom stereocenters. The number of halogens is 1. The van der Waals surface area contributed by atoms with Gasteiger partial charge in [0.05, 0.1) is 10.7 Å². The third kappa shape index (κ3) is 7.50. The van der Waals surface area contributed by atoms with Gasteiger partial charge in [0.25, 0.3) is 0 Å². The van der Waals surface area contributed by atoms with E-state index in [0.29, 0.717) is 13.2 Å². The van der Waals surface area contributed by atoms with E-state index in [4.69, 9.17) is 4.74 Å². The van der Waals surface area contributed by atoms with Crippen LogP contribution in [0.3, 0.4) is 0 Å². The molecule has 1 heterocycles. The lowest BCUT2D eigenvalue weighted by Gasteiger charge is -2.14. The first-order valence-corrected chi connectivity index (χ1v) is 9.70. The Balaban J connectivity index is 0.00000364. The number of guanidine groups is 1. The fourth-order valence-corrected chi connectivity index (χ4v) is 3.57. The molecule has 1 aromatic carbocycles. The predicted octanol–water partition coefficient (Wildman–Crippen LogP) is 4.10. The molecule has 0 aliphatic heterocycles. The van der Waals surface area contributed by atoms with Crippen molar-refractivity contribution in [2.24, 2.45) is 4.99 Å². The highest BCUT2D eigenvalue weighted by molar-refractivity contribution is 14.0. The Bertz CT molecular complexity index is 745. The van der Waals surface area contributed by atoms with Crippen molar-refractivity contribution >= 4 is 41.3 Å². The minimum Gasteiger partial charge on any atom is -0.489 e. The van der Waals surface area contributed by atoms with Crippen molar-refractivity contribution in [1.82, 2.24) is 15.6 Å². The minimum absolute atomic E-state index is 0. The Labute approximate surface area is 183 Å². The van der Waals surface area contributed by atoms with Gasteiger partial charge in [-0.25, -0.2) is 4.98 Å². The molecule has 0 fully saturated rings. The predicted molar refractivity (Wildman–Crippen MR) is 126 cm³/mol. The van der Waals surface area contributed by atoms with Gasteiger partial charge < -0.3 is 15.4 Å². The SMILES string of the molecule is C=CCOc1ccccc1CNC(=NC)NCCc1nc(CC)c(C)s1.I. The first-order valence-electron chi connectivity index (χ1n) is 8.89. The standard InChI is InChI=1S/C20H28N4OS.HI/c1-5-13-25-18-10-8-7-9-16(18)14-23-20(21-4)22-12-11-19-24-17(6-2)15(3)26-19;/h5,7-10H,1,6,11-14H2,2-4H3,(H2,21,22,23);1H. The lowest BCUT2D eigenvalue weighted by atomic mass is 10.2. The van der Waals surface area contributed by atoms with Gasteiger partial charge in [0.15, 0.2) is 5.96 Å². The van der Waals surface area contributed by atoms with Crippen LogP contribution in [0.25, 0.3) is 0 Å². The number of nitrogens with zero attached hydrogens (tertiary/aromatic N) is 2. The van der Waals surface area contributed by atoms with E-state index in [1.165, 1.54) is 15.6 Å². The molecule has 148 valence electrons. The number of hydrogen-bond acceptors (Lipinski definition) is 4. The van der Waals surface area contributed by atoms with E-state index in [-0.39, 0.29) is 24.0 Å². The van der Waals surface area contributed by atoms with Gasteiger partial charge in [-0.1, -0.05) is 37.8 Å². The summed E-state index contributed by atoms with van der Waals surface area (Å²) in [6, 6.07) is 7.98. The quantitative estimate of drug-likeness (QED) is 0.236. The van der Waals surface area contributed by atoms with Crippen molar-refractivity contribution < 1.29 is 4.74 Å².